The number of pyridine rings is 1. The molecule has 0 amide bonds. The molecule has 2 aromatic rings. The van der Waals surface area contributed by atoms with E-state index in [-0.39, 0.29) is 11.8 Å². The van der Waals surface area contributed by atoms with Crippen molar-refractivity contribution >= 4 is 23.1 Å². The lowest BCUT2D eigenvalue weighted by molar-refractivity contribution is -0.145. The van der Waals surface area contributed by atoms with Gasteiger partial charge in [0.25, 0.3) is 0 Å². The van der Waals surface area contributed by atoms with Gasteiger partial charge >= 0.3 is 5.97 Å². The SMILES string of the molecule is COC(=O)[C@]1(c2cccc(F)c2C)C=C(c2cc(Cl)cnc2C)CC1. The van der Waals surface area contributed by atoms with Gasteiger partial charge in [-0.2, -0.15) is 0 Å². The van der Waals surface area contributed by atoms with Crippen molar-refractivity contribution in [1.29, 1.82) is 0 Å². The molecule has 0 radical (unpaired) electrons. The zero-order valence-electron chi connectivity index (χ0n) is 14.4. The van der Waals surface area contributed by atoms with E-state index >= 15 is 0 Å². The molecular formula is C20H19ClFNO2. The number of carbonyl (C=O) groups excluding carboxylic acids is 1. The molecule has 0 fully saturated rings. The summed E-state index contributed by atoms with van der Waals surface area (Å²) in [6, 6.07) is 6.66. The Labute approximate surface area is 151 Å². The summed E-state index contributed by atoms with van der Waals surface area (Å²) >= 11 is 6.09. The number of rotatable bonds is 3. The van der Waals surface area contributed by atoms with Gasteiger partial charge in [0, 0.05) is 17.5 Å². The Morgan fingerprint density at radius 3 is 2.84 bits per heavy atom. The van der Waals surface area contributed by atoms with Crippen LogP contribution in [0.15, 0.2) is 36.5 Å². The average molecular weight is 360 g/mol. The highest BCUT2D eigenvalue weighted by Crippen LogP contribution is 2.45. The fourth-order valence-electron chi connectivity index (χ4n) is 3.57. The van der Waals surface area contributed by atoms with Gasteiger partial charge in [-0.1, -0.05) is 29.8 Å². The molecule has 0 aliphatic heterocycles. The van der Waals surface area contributed by atoms with E-state index in [2.05, 4.69) is 4.98 Å². The molecule has 1 aromatic heterocycles. The number of aromatic nitrogens is 1. The van der Waals surface area contributed by atoms with E-state index in [4.69, 9.17) is 16.3 Å². The molecule has 1 heterocycles. The molecule has 3 nitrogen and oxygen atoms in total. The second-order valence-electron chi connectivity index (χ2n) is 6.33. The smallest absolute Gasteiger partial charge is 0.320 e. The van der Waals surface area contributed by atoms with Crippen LogP contribution in [-0.2, 0) is 14.9 Å². The fraction of sp³-hybridized carbons (Fsp3) is 0.300. The molecule has 1 aromatic carbocycles. The van der Waals surface area contributed by atoms with Crippen LogP contribution in [0.2, 0.25) is 5.02 Å². The van der Waals surface area contributed by atoms with Crippen LogP contribution in [0, 0.1) is 19.7 Å². The van der Waals surface area contributed by atoms with Crippen molar-refractivity contribution in [1.82, 2.24) is 4.98 Å². The van der Waals surface area contributed by atoms with Gasteiger partial charge in [0.1, 0.15) is 11.2 Å². The van der Waals surface area contributed by atoms with Crippen LogP contribution in [0.5, 0.6) is 0 Å². The highest BCUT2D eigenvalue weighted by Gasteiger charge is 2.44. The van der Waals surface area contributed by atoms with Gasteiger partial charge in [0.2, 0.25) is 0 Å². The molecule has 0 saturated heterocycles. The van der Waals surface area contributed by atoms with Gasteiger partial charge in [-0.15, -0.1) is 0 Å². The quantitative estimate of drug-likeness (QED) is 0.740. The molecule has 130 valence electrons. The minimum Gasteiger partial charge on any atom is -0.468 e. The van der Waals surface area contributed by atoms with E-state index < -0.39 is 5.41 Å². The zero-order chi connectivity index (χ0) is 18.2. The first kappa shape index (κ1) is 17.6. The lowest BCUT2D eigenvalue weighted by atomic mass is 9.77. The minimum absolute atomic E-state index is 0.330. The Balaban J connectivity index is 2.19. The third-order valence-electron chi connectivity index (χ3n) is 4.91. The maximum Gasteiger partial charge on any atom is 0.320 e. The fourth-order valence-corrected chi connectivity index (χ4v) is 3.73. The second-order valence-corrected chi connectivity index (χ2v) is 6.77. The maximum atomic E-state index is 14.1. The predicted octanol–water partition coefficient (Wildman–Crippen LogP) is 4.78. The van der Waals surface area contributed by atoms with Crippen molar-refractivity contribution < 1.29 is 13.9 Å². The average Bonchev–Trinajstić information content (AvgIpc) is 3.05. The number of nitrogens with zero attached hydrogens (tertiary/aromatic N) is 1. The Kier molecular flexibility index (Phi) is 4.65. The first-order valence-corrected chi connectivity index (χ1v) is 8.45. The lowest BCUT2D eigenvalue weighted by Gasteiger charge is -2.26. The van der Waals surface area contributed by atoms with Gasteiger partial charge in [-0.3, -0.25) is 9.78 Å². The Morgan fingerprint density at radius 2 is 2.12 bits per heavy atom. The van der Waals surface area contributed by atoms with Crippen LogP contribution in [0.4, 0.5) is 4.39 Å². The van der Waals surface area contributed by atoms with Crippen molar-refractivity contribution in [3.63, 3.8) is 0 Å². The van der Waals surface area contributed by atoms with Gasteiger partial charge in [0.05, 0.1) is 12.1 Å². The van der Waals surface area contributed by atoms with Gasteiger partial charge in [-0.05, 0) is 55.5 Å². The second kappa shape index (κ2) is 6.60. The van der Waals surface area contributed by atoms with Crippen LogP contribution in [0.3, 0.4) is 0 Å². The molecule has 0 bridgehead atoms. The zero-order valence-corrected chi connectivity index (χ0v) is 15.2. The summed E-state index contributed by atoms with van der Waals surface area (Å²) in [6.07, 6.45) is 4.67. The summed E-state index contributed by atoms with van der Waals surface area (Å²) in [5.74, 6) is -0.716. The molecule has 0 unspecified atom stereocenters. The summed E-state index contributed by atoms with van der Waals surface area (Å²) in [5.41, 5.74) is 2.83. The minimum atomic E-state index is -0.995. The maximum absolute atomic E-state index is 14.1. The molecule has 0 saturated carbocycles. The molecule has 0 N–H and O–H groups in total. The molecule has 1 aliphatic rings. The molecule has 25 heavy (non-hydrogen) atoms. The summed E-state index contributed by atoms with van der Waals surface area (Å²) in [4.78, 5) is 17.0. The number of esters is 1. The van der Waals surface area contributed by atoms with Gasteiger partial charge in [-0.25, -0.2) is 4.39 Å². The standard InChI is InChI=1S/C20H19ClFNO2/c1-12-17(5-4-6-18(12)22)20(19(24)25-3)8-7-14(10-20)16-9-15(21)11-23-13(16)2/h4-6,9-11H,7-8H2,1-3H3/t20-/m0/s1. The van der Waals surface area contributed by atoms with Crippen LogP contribution in [0.25, 0.3) is 5.57 Å². The normalized spacial score (nSPS) is 19.6. The molecule has 1 aliphatic carbocycles. The van der Waals surface area contributed by atoms with Crippen molar-refractivity contribution in [3.8, 4) is 0 Å². The number of hydrogen-bond acceptors (Lipinski definition) is 3. The first-order valence-electron chi connectivity index (χ1n) is 8.07. The van der Waals surface area contributed by atoms with Crippen molar-refractivity contribution in [2.75, 3.05) is 7.11 Å². The first-order chi connectivity index (χ1) is 11.9. The van der Waals surface area contributed by atoms with Gasteiger partial charge in [0.15, 0.2) is 0 Å². The van der Waals surface area contributed by atoms with Crippen LogP contribution >= 0.6 is 11.6 Å². The third-order valence-corrected chi connectivity index (χ3v) is 5.11. The Bertz CT molecular complexity index is 878. The number of allylic oxidation sites excluding steroid dienone is 1. The van der Waals surface area contributed by atoms with E-state index in [1.807, 2.05) is 19.1 Å². The van der Waals surface area contributed by atoms with Crippen LogP contribution < -0.4 is 0 Å². The van der Waals surface area contributed by atoms with Crippen molar-refractivity contribution in [3.05, 3.63) is 69.8 Å². The van der Waals surface area contributed by atoms with Crippen LogP contribution in [-0.4, -0.2) is 18.1 Å². The summed E-state index contributed by atoms with van der Waals surface area (Å²) in [6.45, 7) is 3.59. The number of ether oxygens (including phenoxy) is 1. The largest absolute Gasteiger partial charge is 0.468 e. The number of aryl methyl sites for hydroxylation is 1. The van der Waals surface area contributed by atoms with Crippen molar-refractivity contribution in [2.45, 2.75) is 32.1 Å². The summed E-state index contributed by atoms with van der Waals surface area (Å²) in [7, 11) is 1.36. The van der Waals surface area contributed by atoms with Crippen LogP contribution in [0.1, 0.15) is 35.2 Å². The Hall–Kier alpha value is -2.20. The number of halogens is 2. The van der Waals surface area contributed by atoms with E-state index in [9.17, 15) is 9.18 Å². The molecule has 1 atom stereocenters. The lowest BCUT2D eigenvalue weighted by Crippen LogP contribution is -2.34. The third kappa shape index (κ3) is 2.95. The molecule has 0 spiro atoms. The summed E-state index contributed by atoms with van der Waals surface area (Å²) < 4.78 is 19.2. The van der Waals surface area contributed by atoms with E-state index in [1.54, 1.807) is 25.3 Å². The predicted molar refractivity (Wildman–Crippen MR) is 96.0 cm³/mol. The molecule has 5 heteroatoms. The number of benzene rings is 1. The Morgan fingerprint density at radius 1 is 1.36 bits per heavy atom. The highest BCUT2D eigenvalue weighted by atomic mass is 35.5. The topological polar surface area (TPSA) is 39.2 Å². The van der Waals surface area contributed by atoms with Crippen molar-refractivity contribution in [2.24, 2.45) is 0 Å². The highest BCUT2D eigenvalue weighted by molar-refractivity contribution is 6.30. The molecular weight excluding hydrogens is 341 g/mol. The van der Waals surface area contributed by atoms with Gasteiger partial charge < -0.3 is 4.74 Å². The van der Waals surface area contributed by atoms with E-state index in [0.29, 0.717) is 29.0 Å². The monoisotopic (exact) mass is 359 g/mol. The van der Waals surface area contributed by atoms with E-state index in [1.165, 1.54) is 13.2 Å². The number of carbonyl (C=O) groups is 1. The number of hydrogen-bond donors (Lipinski definition) is 0. The molecule has 3 rings (SSSR count). The number of methoxy groups -OCH3 is 1. The van der Waals surface area contributed by atoms with E-state index in [0.717, 1.165) is 16.8 Å². The summed E-state index contributed by atoms with van der Waals surface area (Å²) in [5, 5.41) is 0.541.